The highest BCUT2D eigenvalue weighted by Gasteiger charge is 2.13. The second-order valence-electron chi connectivity index (χ2n) is 6.62. The van der Waals surface area contributed by atoms with Gasteiger partial charge in [-0.1, -0.05) is 103 Å². The highest BCUT2D eigenvalue weighted by atomic mass is 32.1. The summed E-state index contributed by atoms with van der Waals surface area (Å²) in [4.78, 5) is 10.5. The van der Waals surface area contributed by atoms with Crippen LogP contribution in [0.25, 0.3) is 22.3 Å². The second-order valence-corrected chi connectivity index (χ2v) is 7.40. The van der Waals surface area contributed by atoms with Crippen LogP contribution >= 0.6 is 24.8 Å². The molecule has 4 rings (SSSR count). The van der Waals surface area contributed by atoms with Crippen LogP contribution in [0.1, 0.15) is 15.9 Å². The molecule has 0 amide bonds. The van der Waals surface area contributed by atoms with Crippen LogP contribution in [0.3, 0.4) is 0 Å². The molecule has 0 aliphatic carbocycles. The normalized spacial score (nSPS) is 9.87. The maximum atomic E-state index is 10.5. The summed E-state index contributed by atoms with van der Waals surface area (Å²) in [7, 11) is 1.61. The molecule has 31 heavy (non-hydrogen) atoms. The van der Waals surface area contributed by atoms with Crippen LogP contribution in [0.2, 0.25) is 0 Å². The SMILES string of the molecule is COC(=S)c1ccccc1-c1ccccc1-c1ccccc1.O=C(S)c1ccccc1. The predicted molar refractivity (Wildman–Crippen MR) is 136 cm³/mol. The van der Waals surface area contributed by atoms with Gasteiger partial charge in [-0.05, 0) is 40.5 Å². The molecule has 0 fully saturated rings. The maximum absolute atomic E-state index is 10.5. The molecule has 4 aromatic rings. The van der Waals surface area contributed by atoms with Crippen molar-refractivity contribution >= 4 is 35.0 Å². The highest BCUT2D eigenvalue weighted by Crippen LogP contribution is 2.34. The minimum atomic E-state index is -0.185. The molecule has 0 heterocycles. The lowest BCUT2D eigenvalue weighted by atomic mass is 9.92. The van der Waals surface area contributed by atoms with Gasteiger partial charge in [-0.3, -0.25) is 4.79 Å². The maximum Gasteiger partial charge on any atom is 0.216 e. The Labute approximate surface area is 193 Å². The molecule has 0 saturated carbocycles. The lowest BCUT2D eigenvalue weighted by Gasteiger charge is -2.14. The molecule has 0 spiro atoms. The van der Waals surface area contributed by atoms with E-state index >= 15 is 0 Å². The van der Waals surface area contributed by atoms with Gasteiger partial charge in [0.2, 0.25) is 5.12 Å². The van der Waals surface area contributed by atoms with Gasteiger partial charge in [0.05, 0.1) is 7.11 Å². The molecule has 0 aliphatic heterocycles. The van der Waals surface area contributed by atoms with Crippen molar-refractivity contribution in [3.8, 4) is 22.3 Å². The molecule has 0 saturated heterocycles. The average Bonchev–Trinajstić information content (AvgIpc) is 2.85. The number of carbonyl (C=O) groups is 1. The Balaban J connectivity index is 0.000000254. The molecular weight excluding hydrogens is 420 g/mol. The van der Waals surface area contributed by atoms with Crippen molar-refractivity contribution in [3.05, 3.63) is 120 Å². The third-order valence-corrected chi connectivity index (χ3v) is 5.30. The second kappa shape index (κ2) is 11.3. The van der Waals surface area contributed by atoms with E-state index in [9.17, 15) is 4.79 Å². The van der Waals surface area contributed by atoms with E-state index < -0.39 is 0 Å². The van der Waals surface area contributed by atoms with Crippen molar-refractivity contribution in [1.82, 2.24) is 0 Å². The molecule has 0 aliphatic rings. The molecule has 0 unspecified atom stereocenters. The number of rotatable bonds is 4. The summed E-state index contributed by atoms with van der Waals surface area (Å²) in [6.45, 7) is 0. The zero-order valence-corrected chi connectivity index (χ0v) is 18.8. The lowest BCUT2D eigenvalue weighted by Crippen LogP contribution is -2.02. The van der Waals surface area contributed by atoms with Gasteiger partial charge in [0.1, 0.15) is 0 Å². The number of hydrogen-bond acceptors (Lipinski definition) is 3. The van der Waals surface area contributed by atoms with E-state index in [0.29, 0.717) is 10.6 Å². The minimum absolute atomic E-state index is 0.185. The van der Waals surface area contributed by atoms with Crippen molar-refractivity contribution in [2.24, 2.45) is 0 Å². The van der Waals surface area contributed by atoms with Crippen LogP contribution in [0, 0.1) is 0 Å². The van der Waals surface area contributed by atoms with Gasteiger partial charge >= 0.3 is 0 Å². The van der Waals surface area contributed by atoms with Crippen LogP contribution in [0.4, 0.5) is 0 Å². The molecule has 0 aromatic heterocycles. The summed E-state index contributed by atoms with van der Waals surface area (Å²) < 4.78 is 5.28. The first kappa shape index (κ1) is 22.5. The van der Waals surface area contributed by atoms with Crippen molar-refractivity contribution in [3.63, 3.8) is 0 Å². The van der Waals surface area contributed by atoms with E-state index in [-0.39, 0.29) is 5.12 Å². The number of thiocarbonyl (C=S) groups is 1. The lowest BCUT2D eigenvalue weighted by molar-refractivity contribution is 0.109. The summed E-state index contributed by atoms with van der Waals surface area (Å²) in [6.07, 6.45) is 0. The number of hydrogen-bond donors (Lipinski definition) is 1. The van der Waals surface area contributed by atoms with Gasteiger partial charge < -0.3 is 4.74 Å². The van der Waals surface area contributed by atoms with Gasteiger partial charge in [0, 0.05) is 11.1 Å². The van der Waals surface area contributed by atoms with Gasteiger partial charge in [-0.25, -0.2) is 0 Å². The van der Waals surface area contributed by atoms with Crippen molar-refractivity contribution in [1.29, 1.82) is 0 Å². The number of carbonyl (C=O) groups excluding carboxylic acids is 1. The first-order valence-corrected chi connectivity index (χ1v) is 10.6. The highest BCUT2D eigenvalue weighted by molar-refractivity contribution is 7.97. The van der Waals surface area contributed by atoms with E-state index in [1.807, 2.05) is 42.5 Å². The largest absolute Gasteiger partial charge is 0.486 e. The molecule has 0 atom stereocenters. The third kappa shape index (κ3) is 5.91. The number of ether oxygens (including phenoxy) is 1. The van der Waals surface area contributed by atoms with Gasteiger partial charge in [0.15, 0.2) is 5.05 Å². The predicted octanol–water partition coefficient (Wildman–Crippen LogP) is 7.10. The first-order chi connectivity index (χ1) is 15.1. The molecule has 0 bridgehead atoms. The number of thiol groups is 1. The fourth-order valence-electron chi connectivity index (χ4n) is 3.17. The fourth-order valence-corrected chi connectivity index (χ4v) is 3.50. The van der Waals surface area contributed by atoms with E-state index in [4.69, 9.17) is 17.0 Å². The monoisotopic (exact) mass is 442 g/mol. The van der Waals surface area contributed by atoms with Crippen LogP contribution in [-0.4, -0.2) is 17.3 Å². The summed E-state index contributed by atoms with van der Waals surface area (Å²) in [5, 5.41) is 0.328. The fraction of sp³-hybridized carbons (Fsp3) is 0.0370. The number of methoxy groups -OCH3 is 1. The average molecular weight is 443 g/mol. The zero-order chi connectivity index (χ0) is 22.1. The summed E-state index contributed by atoms with van der Waals surface area (Å²) in [5.41, 5.74) is 6.22. The van der Waals surface area contributed by atoms with Crippen molar-refractivity contribution in [2.75, 3.05) is 7.11 Å². The smallest absolute Gasteiger partial charge is 0.216 e. The zero-order valence-electron chi connectivity index (χ0n) is 17.1. The molecule has 2 nitrogen and oxygen atoms in total. The van der Waals surface area contributed by atoms with E-state index in [2.05, 4.69) is 67.2 Å². The van der Waals surface area contributed by atoms with Gasteiger partial charge in [0.25, 0.3) is 0 Å². The third-order valence-electron chi connectivity index (χ3n) is 4.66. The summed E-state index contributed by atoms with van der Waals surface area (Å²) in [6, 6.07) is 35.8. The molecule has 154 valence electrons. The Bertz CT molecular complexity index is 1160. The van der Waals surface area contributed by atoms with Crippen LogP contribution in [-0.2, 0) is 4.74 Å². The van der Waals surface area contributed by atoms with Crippen molar-refractivity contribution in [2.45, 2.75) is 0 Å². The topological polar surface area (TPSA) is 26.3 Å². The Morgan fingerprint density at radius 3 is 1.71 bits per heavy atom. The molecule has 4 heteroatoms. The summed E-state index contributed by atoms with van der Waals surface area (Å²) >= 11 is 9.00. The van der Waals surface area contributed by atoms with Crippen molar-refractivity contribution < 1.29 is 9.53 Å². The standard InChI is InChI=1S/C20H16OS.C7H6OS/c1-21-20(22)19-14-8-7-13-18(19)17-12-6-5-11-16(17)15-9-3-2-4-10-15;8-7(9)6-4-2-1-3-5-6/h2-14H,1H3;1-5H,(H,8,9). The van der Waals surface area contributed by atoms with E-state index in [0.717, 1.165) is 16.7 Å². The Kier molecular flexibility index (Phi) is 8.16. The summed E-state index contributed by atoms with van der Waals surface area (Å²) in [5.74, 6) is 0. The van der Waals surface area contributed by atoms with E-state index in [1.54, 1.807) is 19.2 Å². The molecular formula is C27H22O2S2. The van der Waals surface area contributed by atoms with Gasteiger partial charge in [-0.15, -0.1) is 12.6 Å². The van der Waals surface area contributed by atoms with Gasteiger partial charge in [-0.2, -0.15) is 0 Å². The minimum Gasteiger partial charge on any atom is -0.486 e. The number of benzene rings is 4. The first-order valence-electron chi connectivity index (χ1n) is 9.72. The Morgan fingerprint density at radius 2 is 1.16 bits per heavy atom. The Morgan fingerprint density at radius 1 is 0.677 bits per heavy atom. The van der Waals surface area contributed by atoms with Crippen LogP contribution in [0.5, 0.6) is 0 Å². The Hall–Kier alpha value is -3.21. The molecule has 0 radical (unpaired) electrons. The molecule has 4 aromatic carbocycles. The van der Waals surface area contributed by atoms with Crippen LogP contribution in [0.15, 0.2) is 109 Å². The van der Waals surface area contributed by atoms with E-state index in [1.165, 1.54) is 11.1 Å². The molecule has 0 N–H and O–H groups in total. The van der Waals surface area contributed by atoms with Crippen LogP contribution < -0.4 is 0 Å². The quantitative estimate of drug-likeness (QED) is 0.270.